The summed E-state index contributed by atoms with van der Waals surface area (Å²) in [6.45, 7) is -0.0598. The maximum atomic E-state index is 13.3. The summed E-state index contributed by atoms with van der Waals surface area (Å²) in [4.78, 5) is 18.1. The first-order valence-corrected chi connectivity index (χ1v) is 5.09. The van der Waals surface area contributed by atoms with Gasteiger partial charge in [-0.05, 0) is 12.1 Å². The van der Waals surface area contributed by atoms with Crippen LogP contribution >= 0.6 is 0 Å². The minimum atomic E-state index is -1.17. The summed E-state index contributed by atoms with van der Waals surface area (Å²) in [5.41, 5.74) is 0.176. The number of benzene rings is 1. The summed E-state index contributed by atoms with van der Waals surface area (Å²) < 4.78 is 18.4. The molecule has 5 nitrogen and oxygen atoms in total. The average Bonchev–Trinajstić information content (AvgIpc) is 2.38. The van der Waals surface area contributed by atoms with Gasteiger partial charge in [-0.15, -0.1) is 0 Å². The van der Waals surface area contributed by atoms with Crippen LogP contribution in [0.15, 0.2) is 36.5 Å². The highest BCUT2D eigenvalue weighted by Crippen LogP contribution is 2.10. The van der Waals surface area contributed by atoms with Gasteiger partial charge in [-0.1, -0.05) is 18.2 Å². The minimum Gasteiger partial charge on any atom is -0.477 e. The molecule has 6 heteroatoms. The molecule has 0 fully saturated rings. The Morgan fingerprint density at radius 2 is 2.11 bits per heavy atom. The molecule has 0 atom stereocenters. The second-order valence-corrected chi connectivity index (χ2v) is 3.41. The van der Waals surface area contributed by atoms with Gasteiger partial charge in [0.25, 0.3) is 0 Å². The highest BCUT2D eigenvalue weighted by Gasteiger charge is 2.08. The summed E-state index contributed by atoms with van der Waals surface area (Å²) in [5.74, 6) is -1.57. The Morgan fingerprint density at radius 3 is 2.83 bits per heavy atom. The van der Waals surface area contributed by atoms with E-state index in [2.05, 4.69) is 9.97 Å². The molecule has 2 rings (SSSR count). The molecule has 92 valence electrons. The molecule has 1 aromatic heterocycles. The first kappa shape index (κ1) is 12.0. The van der Waals surface area contributed by atoms with E-state index >= 15 is 0 Å². The summed E-state index contributed by atoms with van der Waals surface area (Å²) >= 11 is 0. The zero-order valence-electron chi connectivity index (χ0n) is 9.21. The predicted octanol–water partition coefficient (Wildman–Crippen LogP) is 1.89. The molecule has 0 saturated heterocycles. The molecule has 0 amide bonds. The molecule has 18 heavy (non-hydrogen) atoms. The number of hydrogen-bond acceptors (Lipinski definition) is 4. The van der Waals surface area contributed by atoms with Crippen molar-refractivity contribution in [2.45, 2.75) is 6.61 Å². The fourth-order valence-corrected chi connectivity index (χ4v) is 1.29. The first-order chi connectivity index (χ1) is 8.66. The van der Waals surface area contributed by atoms with Crippen molar-refractivity contribution in [3.8, 4) is 6.01 Å². The van der Waals surface area contributed by atoms with Gasteiger partial charge in [-0.25, -0.2) is 14.2 Å². The Kier molecular flexibility index (Phi) is 3.47. The Hall–Kier alpha value is -2.50. The molecular formula is C12H9FN2O3. The zero-order chi connectivity index (χ0) is 13.0. The molecule has 0 radical (unpaired) electrons. The topological polar surface area (TPSA) is 72.3 Å². The third-order valence-electron chi connectivity index (χ3n) is 2.17. The molecule has 0 aliphatic heterocycles. The van der Waals surface area contributed by atoms with Crippen LogP contribution in [-0.4, -0.2) is 21.0 Å². The van der Waals surface area contributed by atoms with Crippen molar-refractivity contribution in [3.05, 3.63) is 53.6 Å². The summed E-state index contributed by atoms with van der Waals surface area (Å²) in [6, 6.07) is 7.27. The lowest BCUT2D eigenvalue weighted by Gasteiger charge is -2.05. The van der Waals surface area contributed by atoms with E-state index < -0.39 is 11.8 Å². The maximum absolute atomic E-state index is 13.3. The van der Waals surface area contributed by atoms with Gasteiger partial charge in [-0.3, -0.25) is 0 Å². The van der Waals surface area contributed by atoms with Crippen molar-refractivity contribution in [1.82, 2.24) is 9.97 Å². The van der Waals surface area contributed by atoms with Gasteiger partial charge in [0, 0.05) is 11.8 Å². The number of nitrogens with zero attached hydrogens (tertiary/aromatic N) is 2. The zero-order valence-corrected chi connectivity index (χ0v) is 9.21. The van der Waals surface area contributed by atoms with E-state index in [0.29, 0.717) is 5.56 Å². The molecule has 1 N–H and O–H groups in total. The van der Waals surface area contributed by atoms with Gasteiger partial charge in [0.15, 0.2) is 5.69 Å². The van der Waals surface area contributed by atoms with Crippen LogP contribution in [0.4, 0.5) is 4.39 Å². The second kappa shape index (κ2) is 5.22. The van der Waals surface area contributed by atoms with Crippen LogP contribution in [0.5, 0.6) is 6.01 Å². The molecule has 0 bridgehead atoms. The fraction of sp³-hybridized carbons (Fsp3) is 0.0833. The number of hydrogen-bond donors (Lipinski definition) is 1. The van der Waals surface area contributed by atoms with Crippen LogP contribution in [0, 0.1) is 5.82 Å². The van der Waals surface area contributed by atoms with Crippen LogP contribution in [0.25, 0.3) is 0 Å². The van der Waals surface area contributed by atoms with Crippen molar-refractivity contribution >= 4 is 5.97 Å². The molecule has 0 aliphatic rings. The molecule has 1 aromatic carbocycles. The van der Waals surface area contributed by atoms with Crippen molar-refractivity contribution < 1.29 is 19.0 Å². The Balaban J connectivity index is 2.09. The van der Waals surface area contributed by atoms with E-state index in [1.165, 1.54) is 18.3 Å². The van der Waals surface area contributed by atoms with Crippen molar-refractivity contribution in [3.63, 3.8) is 0 Å². The van der Waals surface area contributed by atoms with E-state index in [9.17, 15) is 9.18 Å². The average molecular weight is 248 g/mol. The number of ether oxygens (including phenoxy) is 1. The van der Waals surface area contributed by atoms with Crippen LogP contribution in [0.3, 0.4) is 0 Å². The Bertz CT molecular complexity index is 575. The lowest BCUT2D eigenvalue weighted by molar-refractivity contribution is 0.0688. The quantitative estimate of drug-likeness (QED) is 0.894. The van der Waals surface area contributed by atoms with Crippen LogP contribution in [0.1, 0.15) is 16.1 Å². The first-order valence-electron chi connectivity index (χ1n) is 5.09. The van der Waals surface area contributed by atoms with Gasteiger partial charge in [-0.2, -0.15) is 4.98 Å². The van der Waals surface area contributed by atoms with Crippen molar-refractivity contribution in [2.24, 2.45) is 0 Å². The lowest BCUT2D eigenvalue weighted by atomic mass is 10.2. The molecule has 0 unspecified atom stereocenters. The number of halogens is 1. The van der Waals surface area contributed by atoms with E-state index in [1.54, 1.807) is 18.2 Å². The molecular weight excluding hydrogens is 239 g/mol. The number of carboxylic acid groups (broad SMARTS) is 1. The number of rotatable bonds is 4. The normalized spacial score (nSPS) is 10.1. The van der Waals surface area contributed by atoms with E-state index in [-0.39, 0.29) is 18.3 Å². The summed E-state index contributed by atoms with van der Waals surface area (Å²) in [5, 5.41) is 8.73. The molecule has 0 saturated carbocycles. The predicted molar refractivity (Wildman–Crippen MR) is 59.7 cm³/mol. The Labute approximate surface area is 102 Å². The maximum Gasteiger partial charge on any atom is 0.354 e. The molecule has 0 spiro atoms. The van der Waals surface area contributed by atoms with Gasteiger partial charge >= 0.3 is 12.0 Å². The standard InChI is InChI=1S/C12H9FN2O3/c13-9-4-2-1-3-8(9)7-18-12-14-6-5-10(15-12)11(16)17/h1-6H,7H2,(H,16,17). The van der Waals surface area contributed by atoms with Gasteiger partial charge < -0.3 is 9.84 Å². The van der Waals surface area contributed by atoms with E-state index in [4.69, 9.17) is 9.84 Å². The van der Waals surface area contributed by atoms with Gasteiger partial charge in [0.2, 0.25) is 0 Å². The molecule has 1 heterocycles. The SMILES string of the molecule is O=C(O)c1ccnc(OCc2ccccc2F)n1. The monoisotopic (exact) mass is 248 g/mol. The van der Waals surface area contributed by atoms with Crippen LogP contribution in [-0.2, 0) is 6.61 Å². The number of carbonyl (C=O) groups is 1. The number of carboxylic acids is 1. The van der Waals surface area contributed by atoms with E-state index in [0.717, 1.165) is 0 Å². The van der Waals surface area contributed by atoms with Gasteiger partial charge in [0.05, 0.1) is 0 Å². The summed E-state index contributed by atoms with van der Waals surface area (Å²) in [7, 11) is 0. The van der Waals surface area contributed by atoms with Crippen LogP contribution in [0.2, 0.25) is 0 Å². The highest BCUT2D eigenvalue weighted by atomic mass is 19.1. The fourth-order valence-electron chi connectivity index (χ4n) is 1.29. The molecule has 2 aromatic rings. The third kappa shape index (κ3) is 2.79. The minimum absolute atomic E-state index is 0.0598. The number of aromatic carboxylic acids is 1. The molecule has 0 aliphatic carbocycles. The van der Waals surface area contributed by atoms with Crippen molar-refractivity contribution in [2.75, 3.05) is 0 Å². The largest absolute Gasteiger partial charge is 0.477 e. The second-order valence-electron chi connectivity index (χ2n) is 3.41. The van der Waals surface area contributed by atoms with Gasteiger partial charge in [0.1, 0.15) is 12.4 Å². The summed E-state index contributed by atoms with van der Waals surface area (Å²) in [6.07, 6.45) is 1.27. The van der Waals surface area contributed by atoms with E-state index in [1.807, 2.05) is 0 Å². The van der Waals surface area contributed by atoms with Crippen molar-refractivity contribution in [1.29, 1.82) is 0 Å². The number of aromatic nitrogens is 2. The lowest BCUT2D eigenvalue weighted by Crippen LogP contribution is -2.05. The Morgan fingerprint density at radius 1 is 1.33 bits per heavy atom. The smallest absolute Gasteiger partial charge is 0.354 e. The van der Waals surface area contributed by atoms with Crippen LogP contribution < -0.4 is 4.74 Å². The third-order valence-corrected chi connectivity index (χ3v) is 2.17. The highest BCUT2D eigenvalue weighted by molar-refractivity contribution is 5.85.